The molecule has 0 saturated carbocycles. The predicted molar refractivity (Wildman–Crippen MR) is 63.8 cm³/mol. The molecule has 0 aliphatic carbocycles. The third-order valence-electron chi connectivity index (χ3n) is 2.57. The second kappa shape index (κ2) is 5.20. The molecule has 0 aliphatic rings. The number of aromatic nitrogens is 3. The van der Waals surface area contributed by atoms with Crippen molar-refractivity contribution in [1.82, 2.24) is 14.1 Å². The van der Waals surface area contributed by atoms with Crippen LogP contribution in [0.2, 0.25) is 0 Å². The Balaban J connectivity index is 1.93. The van der Waals surface area contributed by atoms with Crippen LogP contribution in [0.4, 0.5) is 0 Å². The van der Waals surface area contributed by atoms with Gasteiger partial charge in [-0.1, -0.05) is 5.16 Å². The Kier molecular flexibility index (Phi) is 3.44. The number of oxime groups is 1. The van der Waals surface area contributed by atoms with Crippen molar-refractivity contribution in [2.24, 2.45) is 10.9 Å². The van der Waals surface area contributed by atoms with Crippen molar-refractivity contribution >= 4 is 5.84 Å². The van der Waals surface area contributed by atoms with Crippen molar-refractivity contribution in [2.45, 2.75) is 19.5 Å². The maximum absolute atomic E-state index is 8.64. The van der Waals surface area contributed by atoms with E-state index in [1.807, 2.05) is 33.7 Å². The van der Waals surface area contributed by atoms with Gasteiger partial charge in [0, 0.05) is 31.7 Å². The SMILES string of the molecule is N/C(=N/O)c1cccn1CCCn1ccnc1. The van der Waals surface area contributed by atoms with E-state index in [1.165, 1.54) is 0 Å². The molecule has 0 radical (unpaired) electrons. The van der Waals surface area contributed by atoms with Gasteiger partial charge < -0.3 is 20.1 Å². The first kappa shape index (κ1) is 11.3. The van der Waals surface area contributed by atoms with Gasteiger partial charge in [-0.15, -0.1) is 0 Å². The van der Waals surface area contributed by atoms with Gasteiger partial charge in [0.1, 0.15) is 0 Å². The Bertz CT molecular complexity index is 486. The van der Waals surface area contributed by atoms with Crippen LogP contribution in [0.3, 0.4) is 0 Å². The second-order valence-corrected chi connectivity index (χ2v) is 3.73. The summed E-state index contributed by atoms with van der Waals surface area (Å²) in [4.78, 5) is 3.98. The number of imidazole rings is 1. The molecular weight excluding hydrogens is 218 g/mol. The van der Waals surface area contributed by atoms with Crippen molar-refractivity contribution in [3.8, 4) is 0 Å². The van der Waals surface area contributed by atoms with Gasteiger partial charge in [0.05, 0.1) is 12.0 Å². The Hall–Kier alpha value is -2.24. The summed E-state index contributed by atoms with van der Waals surface area (Å²) in [6.45, 7) is 1.71. The summed E-state index contributed by atoms with van der Waals surface area (Å²) in [5.74, 6) is 0.137. The summed E-state index contributed by atoms with van der Waals surface area (Å²) in [5.41, 5.74) is 6.30. The molecule has 3 N–H and O–H groups in total. The van der Waals surface area contributed by atoms with E-state index in [1.54, 1.807) is 12.5 Å². The molecule has 6 nitrogen and oxygen atoms in total. The Morgan fingerprint density at radius 1 is 1.41 bits per heavy atom. The van der Waals surface area contributed by atoms with E-state index in [0.29, 0.717) is 0 Å². The largest absolute Gasteiger partial charge is 0.409 e. The van der Waals surface area contributed by atoms with E-state index in [-0.39, 0.29) is 5.84 Å². The first-order chi connectivity index (χ1) is 8.31. The summed E-state index contributed by atoms with van der Waals surface area (Å²) in [5, 5.41) is 11.7. The molecule has 2 aromatic rings. The number of hydrogen-bond acceptors (Lipinski definition) is 3. The number of nitrogens with zero attached hydrogens (tertiary/aromatic N) is 4. The highest BCUT2D eigenvalue weighted by Crippen LogP contribution is 2.04. The van der Waals surface area contributed by atoms with Crippen molar-refractivity contribution in [1.29, 1.82) is 0 Å². The number of hydrogen-bond donors (Lipinski definition) is 2. The molecule has 0 amide bonds. The topological polar surface area (TPSA) is 81.4 Å². The van der Waals surface area contributed by atoms with E-state index < -0.39 is 0 Å². The molecule has 0 saturated heterocycles. The lowest BCUT2D eigenvalue weighted by Crippen LogP contribution is -2.18. The average molecular weight is 233 g/mol. The number of nitrogens with two attached hydrogens (primary N) is 1. The molecule has 0 unspecified atom stereocenters. The molecule has 0 atom stereocenters. The summed E-state index contributed by atoms with van der Waals surface area (Å²) in [6.07, 6.45) is 8.36. The zero-order chi connectivity index (χ0) is 12.1. The fourth-order valence-electron chi connectivity index (χ4n) is 1.74. The van der Waals surface area contributed by atoms with Crippen molar-refractivity contribution in [2.75, 3.05) is 0 Å². The van der Waals surface area contributed by atoms with Gasteiger partial charge in [0.2, 0.25) is 0 Å². The third-order valence-corrected chi connectivity index (χ3v) is 2.57. The second-order valence-electron chi connectivity index (χ2n) is 3.73. The molecule has 0 aromatic carbocycles. The maximum atomic E-state index is 8.64. The van der Waals surface area contributed by atoms with Crippen LogP contribution < -0.4 is 5.73 Å². The molecule has 2 rings (SSSR count). The quantitative estimate of drug-likeness (QED) is 0.348. The molecule has 90 valence electrons. The van der Waals surface area contributed by atoms with Crippen LogP contribution in [0.25, 0.3) is 0 Å². The van der Waals surface area contributed by atoms with Crippen molar-refractivity contribution in [3.63, 3.8) is 0 Å². The van der Waals surface area contributed by atoms with Gasteiger partial charge in [0.15, 0.2) is 5.84 Å². The molecule has 6 heteroatoms. The lowest BCUT2D eigenvalue weighted by Gasteiger charge is -2.08. The Morgan fingerprint density at radius 3 is 3.00 bits per heavy atom. The van der Waals surface area contributed by atoms with Crippen molar-refractivity contribution in [3.05, 3.63) is 42.7 Å². The Labute approximate surface area is 99.0 Å². The minimum absolute atomic E-state index is 0.137. The van der Waals surface area contributed by atoms with Crippen LogP contribution in [0, 0.1) is 0 Å². The normalized spacial score (nSPS) is 11.9. The third kappa shape index (κ3) is 2.66. The highest BCUT2D eigenvalue weighted by Gasteiger charge is 2.04. The minimum atomic E-state index is 0.137. The van der Waals surface area contributed by atoms with Gasteiger partial charge in [-0.25, -0.2) is 4.98 Å². The lowest BCUT2D eigenvalue weighted by atomic mass is 10.3. The van der Waals surface area contributed by atoms with Gasteiger partial charge in [-0.2, -0.15) is 0 Å². The summed E-state index contributed by atoms with van der Waals surface area (Å²) in [7, 11) is 0. The first-order valence-corrected chi connectivity index (χ1v) is 5.40. The highest BCUT2D eigenvalue weighted by atomic mass is 16.4. The van der Waals surface area contributed by atoms with Gasteiger partial charge >= 0.3 is 0 Å². The van der Waals surface area contributed by atoms with Gasteiger partial charge in [0.25, 0.3) is 0 Å². The van der Waals surface area contributed by atoms with Crippen LogP contribution in [0.15, 0.2) is 42.2 Å². The molecule has 2 heterocycles. The predicted octanol–water partition coefficient (Wildman–Crippen LogP) is 0.869. The van der Waals surface area contributed by atoms with E-state index in [4.69, 9.17) is 10.9 Å². The van der Waals surface area contributed by atoms with Crippen LogP contribution >= 0.6 is 0 Å². The molecule has 2 aromatic heterocycles. The van der Waals surface area contributed by atoms with Crippen molar-refractivity contribution < 1.29 is 5.21 Å². The minimum Gasteiger partial charge on any atom is -0.409 e. The first-order valence-electron chi connectivity index (χ1n) is 5.40. The summed E-state index contributed by atoms with van der Waals surface area (Å²) >= 11 is 0. The summed E-state index contributed by atoms with van der Waals surface area (Å²) < 4.78 is 3.98. The number of rotatable bonds is 5. The number of aryl methyl sites for hydroxylation is 2. The van der Waals surface area contributed by atoms with Crippen LogP contribution in [-0.4, -0.2) is 25.2 Å². The molecular formula is C11H15N5O. The standard InChI is InChI=1S/C11H15N5O/c12-11(14-17)10-3-1-6-16(10)7-2-5-15-8-4-13-9-15/h1,3-4,6,8-9,17H,2,5,7H2,(H2,12,14). The molecule has 0 bridgehead atoms. The van der Waals surface area contributed by atoms with Crippen LogP contribution in [0.5, 0.6) is 0 Å². The Morgan fingerprint density at radius 2 is 2.29 bits per heavy atom. The van der Waals surface area contributed by atoms with Gasteiger partial charge in [-0.05, 0) is 18.6 Å². The van der Waals surface area contributed by atoms with E-state index in [0.717, 1.165) is 25.2 Å². The average Bonchev–Trinajstić information content (AvgIpc) is 2.99. The van der Waals surface area contributed by atoms with Gasteiger partial charge in [-0.3, -0.25) is 0 Å². The molecule has 17 heavy (non-hydrogen) atoms. The zero-order valence-corrected chi connectivity index (χ0v) is 9.40. The van der Waals surface area contributed by atoms with E-state index >= 15 is 0 Å². The fraction of sp³-hybridized carbons (Fsp3) is 0.273. The smallest absolute Gasteiger partial charge is 0.186 e. The summed E-state index contributed by atoms with van der Waals surface area (Å²) in [6, 6.07) is 3.71. The van der Waals surface area contributed by atoms with Crippen LogP contribution in [0.1, 0.15) is 12.1 Å². The molecule has 0 aliphatic heterocycles. The maximum Gasteiger partial charge on any atom is 0.186 e. The number of amidine groups is 1. The van der Waals surface area contributed by atoms with Crippen LogP contribution in [-0.2, 0) is 13.1 Å². The lowest BCUT2D eigenvalue weighted by molar-refractivity contribution is 0.318. The monoisotopic (exact) mass is 233 g/mol. The van der Waals surface area contributed by atoms with E-state index in [2.05, 4.69) is 10.1 Å². The fourth-order valence-corrected chi connectivity index (χ4v) is 1.74. The molecule has 0 spiro atoms. The zero-order valence-electron chi connectivity index (χ0n) is 9.40. The highest BCUT2D eigenvalue weighted by molar-refractivity contribution is 5.95. The molecule has 0 fully saturated rings. The van der Waals surface area contributed by atoms with E-state index in [9.17, 15) is 0 Å².